The molecule has 0 unspecified atom stereocenters. The van der Waals surface area contributed by atoms with Crippen molar-refractivity contribution in [2.45, 2.75) is 19.0 Å². The van der Waals surface area contributed by atoms with Gasteiger partial charge in [0.05, 0.1) is 5.75 Å². The van der Waals surface area contributed by atoms with Gasteiger partial charge in [-0.1, -0.05) is 30.0 Å². The third kappa shape index (κ3) is 4.09. The van der Waals surface area contributed by atoms with Gasteiger partial charge >= 0.3 is 0 Å². The molecule has 1 saturated heterocycles. The summed E-state index contributed by atoms with van der Waals surface area (Å²) in [6.45, 7) is 7.01. The van der Waals surface area contributed by atoms with Crippen molar-refractivity contribution >= 4 is 23.4 Å². The number of aromatic nitrogens is 2. The Balaban J connectivity index is 1.56. The first kappa shape index (κ1) is 18.5. The van der Waals surface area contributed by atoms with Gasteiger partial charge in [0.2, 0.25) is 5.91 Å². The maximum Gasteiger partial charge on any atom is 0.254 e. The van der Waals surface area contributed by atoms with Crippen molar-refractivity contribution < 1.29 is 4.79 Å². The maximum absolute atomic E-state index is 12.5. The van der Waals surface area contributed by atoms with Gasteiger partial charge in [-0.15, -0.1) is 0 Å². The Kier molecular flexibility index (Phi) is 5.66. The summed E-state index contributed by atoms with van der Waals surface area (Å²) in [6.07, 6.45) is 0. The molecule has 0 atom stereocenters. The second kappa shape index (κ2) is 7.95. The molecule has 3 rings (SSSR count). The van der Waals surface area contributed by atoms with Crippen molar-refractivity contribution in [3.63, 3.8) is 0 Å². The summed E-state index contributed by atoms with van der Waals surface area (Å²) < 4.78 is 1.49. The number of thioether (sulfide) groups is 1. The zero-order chi connectivity index (χ0) is 18.7. The first-order valence-electron chi connectivity index (χ1n) is 8.71. The van der Waals surface area contributed by atoms with Gasteiger partial charge in [-0.05, 0) is 25.5 Å². The summed E-state index contributed by atoms with van der Waals surface area (Å²) in [5.74, 6) is 0.392. The second-order valence-corrected chi connectivity index (χ2v) is 7.46. The number of piperazine rings is 1. The molecule has 1 aromatic heterocycles. The summed E-state index contributed by atoms with van der Waals surface area (Å²) in [5.41, 5.74) is 3.08. The molecule has 1 fully saturated rings. The fourth-order valence-corrected chi connectivity index (χ4v) is 4.02. The van der Waals surface area contributed by atoms with Crippen LogP contribution in [-0.2, 0) is 11.8 Å². The van der Waals surface area contributed by atoms with E-state index in [2.05, 4.69) is 35.0 Å². The highest BCUT2D eigenvalue weighted by Crippen LogP contribution is 2.21. The number of carbonyl (C=O) groups excluding carboxylic acids is 1. The molecule has 1 aliphatic heterocycles. The SMILES string of the molecule is Cc1cc(=O)n(C)c(SCC(=O)N2CCN(c3ccccc3C)CC2)n1. The van der Waals surface area contributed by atoms with Crippen LogP contribution in [0.1, 0.15) is 11.3 Å². The monoisotopic (exact) mass is 372 g/mol. The maximum atomic E-state index is 12.5. The molecule has 1 aliphatic rings. The van der Waals surface area contributed by atoms with Crippen molar-refractivity contribution in [1.29, 1.82) is 0 Å². The molecule has 0 aliphatic carbocycles. The zero-order valence-electron chi connectivity index (χ0n) is 15.4. The third-order valence-corrected chi connectivity index (χ3v) is 5.65. The van der Waals surface area contributed by atoms with Gasteiger partial charge in [-0.2, -0.15) is 0 Å². The topological polar surface area (TPSA) is 58.4 Å². The van der Waals surface area contributed by atoms with Gasteiger partial charge in [0.15, 0.2) is 5.16 Å². The average Bonchev–Trinajstić information content (AvgIpc) is 2.64. The molecule has 1 aromatic carbocycles. The lowest BCUT2D eigenvalue weighted by atomic mass is 10.1. The normalized spacial score (nSPS) is 14.6. The van der Waals surface area contributed by atoms with Gasteiger partial charge in [0.1, 0.15) is 0 Å². The highest BCUT2D eigenvalue weighted by molar-refractivity contribution is 7.99. The quantitative estimate of drug-likeness (QED) is 0.605. The number of anilines is 1. The van der Waals surface area contributed by atoms with E-state index in [4.69, 9.17) is 0 Å². The van der Waals surface area contributed by atoms with E-state index in [1.165, 1.54) is 33.6 Å². The van der Waals surface area contributed by atoms with Crippen molar-refractivity contribution in [1.82, 2.24) is 14.5 Å². The molecular formula is C19H24N4O2S. The molecular weight excluding hydrogens is 348 g/mol. The first-order chi connectivity index (χ1) is 12.5. The minimum absolute atomic E-state index is 0.0928. The van der Waals surface area contributed by atoms with E-state index in [9.17, 15) is 9.59 Å². The van der Waals surface area contributed by atoms with E-state index in [-0.39, 0.29) is 11.5 Å². The van der Waals surface area contributed by atoms with Crippen LogP contribution in [0.5, 0.6) is 0 Å². The highest BCUT2D eigenvalue weighted by atomic mass is 32.2. The summed E-state index contributed by atoms with van der Waals surface area (Å²) in [5, 5.41) is 0.585. The molecule has 0 radical (unpaired) electrons. The van der Waals surface area contributed by atoms with Crippen LogP contribution >= 0.6 is 11.8 Å². The molecule has 2 aromatic rings. The van der Waals surface area contributed by atoms with E-state index < -0.39 is 0 Å². The Bertz CT molecular complexity index is 857. The average molecular weight is 372 g/mol. The summed E-state index contributed by atoms with van der Waals surface area (Å²) in [7, 11) is 1.68. The Morgan fingerprint density at radius 1 is 1.15 bits per heavy atom. The fourth-order valence-electron chi connectivity index (χ4n) is 3.09. The molecule has 0 saturated carbocycles. The number of hydrogen-bond acceptors (Lipinski definition) is 5. The summed E-state index contributed by atoms with van der Waals surface area (Å²) in [4.78, 5) is 32.9. The van der Waals surface area contributed by atoms with E-state index in [1.54, 1.807) is 14.0 Å². The first-order valence-corrected chi connectivity index (χ1v) is 9.70. The van der Waals surface area contributed by atoms with Crippen LogP contribution < -0.4 is 10.5 Å². The smallest absolute Gasteiger partial charge is 0.254 e. The van der Waals surface area contributed by atoms with E-state index >= 15 is 0 Å². The molecule has 2 heterocycles. The largest absolute Gasteiger partial charge is 0.368 e. The van der Waals surface area contributed by atoms with Crippen molar-refractivity contribution in [2.75, 3.05) is 36.8 Å². The van der Waals surface area contributed by atoms with E-state index in [0.717, 1.165) is 13.1 Å². The Labute approximate surface area is 157 Å². The minimum atomic E-state index is -0.0979. The van der Waals surface area contributed by atoms with Gasteiger partial charge in [-0.3, -0.25) is 14.2 Å². The highest BCUT2D eigenvalue weighted by Gasteiger charge is 2.22. The number of carbonyl (C=O) groups is 1. The lowest BCUT2D eigenvalue weighted by molar-refractivity contribution is -0.128. The second-order valence-electron chi connectivity index (χ2n) is 6.52. The van der Waals surface area contributed by atoms with Crippen LogP contribution in [0.4, 0.5) is 5.69 Å². The summed E-state index contributed by atoms with van der Waals surface area (Å²) >= 11 is 1.32. The zero-order valence-corrected chi connectivity index (χ0v) is 16.3. The van der Waals surface area contributed by atoms with Crippen molar-refractivity contribution in [3.05, 3.63) is 51.9 Å². The predicted molar refractivity (Wildman–Crippen MR) is 105 cm³/mol. The number of rotatable bonds is 4. The molecule has 0 spiro atoms. The van der Waals surface area contributed by atoms with Gasteiger partial charge in [0, 0.05) is 50.7 Å². The Morgan fingerprint density at radius 2 is 1.85 bits per heavy atom. The van der Waals surface area contributed by atoms with Crippen LogP contribution in [0.3, 0.4) is 0 Å². The molecule has 138 valence electrons. The van der Waals surface area contributed by atoms with E-state index in [1.807, 2.05) is 11.0 Å². The lowest BCUT2D eigenvalue weighted by Crippen LogP contribution is -2.49. The summed E-state index contributed by atoms with van der Waals surface area (Å²) in [6, 6.07) is 9.84. The van der Waals surface area contributed by atoms with Crippen LogP contribution in [0.2, 0.25) is 0 Å². The molecule has 7 heteroatoms. The van der Waals surface area contributed by atoms with Crippen molar-refractivity contribution in [2.24, 2.45) is 7.05 Å². The predicted octanol–water partition coefficient (Wildman–Crippen LogP) is 1.84. The van der Waals surface area contributed by atoms with E-state index in [0.29, 0.717) is 29.7 Å². The third-order valence-electron chi connectivity index (χ3n) is 4.64. The molecule has 26 heavy (non-hydrogen) atoms. The number of aryl methyl sites for hydroxylation is 2. The van der Waals surface area contributed by atoms with Crippen molar-refractivity contribution in [3.8, 4) is 0 Å². The number of benzene rings is 1. The molecule has 6 nitrogen and oxygen atoms in total. The molecule has 0 bridgehead atoms. The Hall–Kier alpha value is -2.28. The van der Waals surface area contributed by atoms with Gasteiger partial charge < -0.3 is 9.80 Å². The Morgan fingerprint density at radius 3 is 2.54 bits per heavy atom. The van der Waals surface area contributed by atoms with Gasteiger partial charge in [-0.25, -0.2) is 4.98 Å². The molecule has 0 N–H and O–H groups in total. The molecule has 1 amide bonds. The van der Waals surface area contributed by atoms with Crippen LogP contribution in [0.25, 0.3) is 0 Å². The number of hydrogen-bond donors (Lipinski definition) is 0. The fraction of sp³-hybridized carbons (Fsp3) is 0.421. The van der Waals surface area contributed by atoms with Gasteiger partial charge in [0.25, 0.3) is 5.56 Å². The number of amides is 1. The standard InChI is InChI=1S/C19H24N4O2S/c1-14-6-4-5-7-16(14)22-8-10-23(11-9-22)18(25)13-26-19-20-15(2)12-17(24)21(19)3/h4-7,12H,8-11,13H2,1-3H3. The lowest BCUT2D eigenvalue weighted by Gasteiger charge is -2.36. The minimum Gasteiger partial charge on any atom is -0.368 e. The number of para-hydroxylation sites is 1. The van der Waals surface area contributed by atoms with Crippen LogP contribution in [-0.4, -0.2) is 52.3 Å². The van der Waals surface area contributed by atoms with Crippen LogP contribution in [0.15, 0.2) is 40.3 Å². The number of nitrogens with zero attached hydrogens (tertiary/aromatic N) is 4. The van der Waals surface area contributed by atoms with Crippen LogP contribution in [0, 0.1) is 13.8 Å².